The second-order valence-corrected chi connectivity index (χ2v) is 4.67. The number of amides is 1. The van der Waals surface area contributed by atoms with Gasteiger partial charge in [0.25, 0.3) is 0 Å². The maximum atomic E-state index is 12.4. The fourth-order valence-electron chi connectivity index (χ4n) is 2.43. The van der Waals surface area contributed by atoms with Crippen molar-refractivity contribution >= 4 is 11.6 Å². The number of nitrogens with zero attached hydrogens (tertiary/aromatic N) is 2. The molecule has 0 radical (unpaired) electrons. The first kappa shape index (κ1) is 12.1. The van der Waals surface area contributed by atoms with Gasteiger partial charge in [0.15, 0.2) is 0 Å². The van der Waals surface area contributed by atoms with Crippen molar-refractivity contribution in [3.8, 4) is 0 Å². The number of anilines is 1. The average molecular weight is 232 g/mol. The van der Waals surface area contributed by atoms with E-state index in [9.17, 15) is 4.79 Å². The van der Waals surface area contributed by atoms with E-state index in [-0.39, 0.29) is 11.8 Å². The Morgan fingerprint density at radius 3 is 2.65 bits per heavy atom. The Labute approximate surface area is 103 Å². The van der Waals surface area contributed by atoms with Crippen molar-refractivity contribution in [3.05, 3.63) is 30.3 Å². The van der Waals surface area contributed by atoms with Crippen LogP contribution < -0.4 is 4.90 Å². The molecule has 92 valence electrons. The molecule has 0 aliphatic carbocycles. The third-order valence-corrected chi connectivity index (χ3v) is 3.39. The van der Waals surface area contributed by atoms with Gasteiger partial charge in [0.05, 0.1) is 5.92 Å². The molecule has 0 N–H and O–H groups in total. The normalized spacial score (nSPS) is 20.5. The highest BCUT2D eigenvalue weighted by Gasteiger charge is 2.29. The Bertz CT molecular complexity index is 377. The first-order valence-corrected chi connectivity index (χ1v) is 6.27. The molecule has 1 heterocycles. The van der Waals surface area contributed by atoms with Crippen molar-refractivity contribution in [2.24, 2.45) is 5.92 Å². The van der Waals surface area contributed by atoms with E-state index < -0.39 is 0 Å². The first-order valence-electron chi connectivity index (χ1n) is 6.27. The Hall–Kier alpha value is -1.35. The molecule has 2 rings (SSSR count). The number of carbonyl (C=O) groups excluding carboxylic acids is 1. The van der Waals surface area contributed by atoms with Crippen LogP contribution in [0.15, 0.2) is 30.3 Å². The molecule has 1 amide bonds. The van der Waals surface area contributed by atoms with Crippen molar-refractivity contribution in [2.75, 3.05) is 31.6 Å². The SMILES string of the molecule is CCN(C(=O)C1CCN(C)C1)c1ccccc1. The molecule has 3 nitrogen and oxygen atoms in total. The summed E-state index contributed by atoms with van der Waals surface area (Å²) in [7, 11) is 2.08. The van der Waals surface area contributed by atoms with Crippen LogP contribution in [-0.4, -0.2) is 37.5 Å². The molecule has 17 heavy (non-hydrogen) atoms. The number of benzene rings is 1. The van der Waals surface area contributed by atoms with Crippen molar-refractivity contribution in [1.29, 1.82) is 0 Å². The summed E-state index contributed by atoms with van der Waals surface area (Å²) in [6.45, 7) is 4.69. The number of para-hydroxylation sites is 1. The van der Waals surface area contributed by atoms with Gasteiger partial charge in [0.2, 0.25) is 5.91 Å². The topological polar surface area (TPSA) is 23.6 Å². The number of likely N-dealkylation sites (tertiary alicyclic amines) is 1. The summed E-state index contributed by atoms with van der Waals surface area (Å²) < 4.78 is 0. The summed E-state index contributed by atoms with van der Waals surface area (Å²) in [6.07, 6.45) is 0.985. The van der Waals surface area contributed by atoms with E-state index in [2.05, 4.69) is 11.9 Å². The van der Waals surface area contributed by atoms with Gasteiger partial charge in [-0.3, -0.25) is 4.79 Å². The third kappa shape index (κ3) is 2.67. The van der Waals surface area contributed by atoms with Gasteiger partial charge in [-0.25, -0.2) is 0 Å². The van der Waals surface area contributed by atoms with Gasteiger partial charge in [-0.15, -0.1) is 0 Å². The lowest BCUT2D eigenvalue weighted by Gasteiger charge is -2.24. The lowest BCUT2D eigenvalue weighted by Crippen LogP contribution is -2.37. The van der Waals surface area contributed by atoms with Crippen LogP contribution in [0.25, 0.3) is 0 Å². The van der Waals surface area contributed by atoms with Crippen LogP contribution in [0.3, 0.4) is 0 Å². The second kappa shape index (κ2) is 5.32. The Kier molecular flexibility index (Phi) is 3.79. The van der Waals surface area contributed by atoms with Crippen LogP contribution in [-0.2, 0) is 4.79 Å². The highest BCUT2D eigenvalue weighted by molar-refractivity contribution is 5.95. The van der Waals surface area contributed by atoms with Crippen molar-refractivity contribution in [3.63, 3.8) is 0 Å². The van der Waals surface area contributed by atoms with Gasteiger partial charge in [-0.1, -0.05) is 18.2 Å². The number of hydrogen-bond donors (Lipinski definition) is 0. The lowest BCUT2D eigenvalue weighted by atomic mass is 10.1. The minimum absolute atomic E-state index is 0.167. The van der Waals surface area contributed by atoms with Crippen LogP contribution in [0.2, 0.25) is 0 Å². The molecule has 0 bridgehead atoms. The number of hydrogen-bond acceptors (Lipinski definition) is 2. The summed E-state index contributed by atoms with van der Waals surface area (Å²) in [4.78, 5) is 16.5. The van der Waals surface area contributed by atoms with Gasteiger partial charge >= 0.3 is 0 Å². The zero-order chi connectivity index (χ0) is 12.3. The summed E-state index contributed by atoms with van der Waals surface area (Å²) in [5.41, 5.74) is 1.01. The molecule has 0 saturated carbocycles. The molecule has 1 fully saturated rings. The van der Waals surface area contributed by atoms with Crippen LogP contribution >= 0.6 is 0 Å². The largest absolute Gasteiger partial charge is 0.312 e. The Morgan fingerprint density at radius 2 is 2.12 bits per heavy atom. The standard InChI is InChI=1S/C14H20N2O/c1-3-16(13-7-5-4-6-8-13)14(17)12-9-10-15(2)11-12/h4-8,12H,3,9-11H2,1-2H3. The third-order valence-electron chi connectivity index (χ3n) is 3.39. The van der Waals surface area contributed by atoms with Crippen molar-refractivity contribution in [2.45, 2.75) is 13.3 Å². The highest BCUT2D eigenvalue weighted by Crippen LogP contribution is 2.21. The smallest absolute Gasteiger partial charge is 0.231 e. The van der Waals surface area contributed by atoms with Crippen LogP contribution in [0.1, 0.15) is 13.3 Å². The highest BCUT2D eigenvalue weighted by atomic mass is 16.2. The molecule has 3 heteroatoms. The quantitative estimate of drug-likeness (QED) is 0.795. The zero-order valence-electron chi connectivity index (χ0n) is 10.6. The summed E-state index contributed by atoms with van der Waals surface area (Å²) in [5.74, 6) is 0.434. The van der Waals surface area contributed by atoms with E-state index in [0.29, 0.717) is 0 Å². The molecule has 0 aromatic heterocycles. The molecule has 1 aromatic rings. The average Bonchev–Trinajstić information content (AvgIpc) is 2.78. The molecule has 1 unspecified atom stereocenters. The molecular weight excluding hydrogens is 212 g/mol. The minimum atomic E-state index is 0.167. The first-order chi connectivity index (χ1) is 8.22. The molecule has 1 aliphatic rings. The summed E-state index contributed by atoms with van der Waals surface area (Å²) >= 11 is 0. The molecule has 1 aromatic carbocycles. The Balaban J connectivity index is 2.11. The minimum Gasteiger partial charge on any atom is -0.312 e. The molecule has 1 atom stereocenters. The van der Waals surface area contributed by atoms with E-state index in [1.165, 1.54) is 0 Å². The van der Waals surface area contributed by atoms with Crippen LogP contribution in [0, 0.1) is 5.92 Å². The molecule has 1 saturated heterocycles. The number of rotatable bonds is 3. The summed E-state index contributed by atoms with van der Waals surface area (Å²) in [6, 6.07) is 9.93. The fourth-order valence-corrected chi connectivity index (χ4v) is 2.43. The Morgan fingerprint density at radius 1 is 1.41 bits per heavy atom. The van der Waals surface area contributed by atoms with E-state index >= 15 is 0 Å². The van der Waals surface area contributed by atoms with Gasteiger partial charge in [0.1, 0.15) is 0 Å². The number of carbonyl (C=O) groups is 1. The van der Waals surface area contributed by atoms with Gasteiger partial charge in [-0.2, -0.15) is 0 Å². The predicted octanol–water partition coefficient (Wildman–Crippen LogP) is 1.99. The molecule has 0 spiro atoms. The van der Waals surface area contributed by atoms with E-state index in [4.69, 9.17) is 0 Å². The second-order valence-electron chi connectivity index (χ2n) is 4.67. The maximum Gasteiger partial charge on any atom is 0.231 e. The summed E-state index contributed by atoms with van der Waals surface area (Å²) in [5, 5.41) is 0. The maximum absolute atomic E-state index is 12.4. The monoisotopic (exact) mass is 232 g/mol. The van der Waals surface area contributed by atoms with Gasteiger partial charge < -0.3 is 9.80 Å². The predicted molar refractivity (Wildman–Crippen MR) is 70.1 cm³/mol. The van der Waals surface area contributed by atoms with E-state index in [1.54, 1.807) is 0 Å². The van der Waals surface area contributed by atoms with Crippen molar-refractivity contribution in [1.82, 2.24) is 4.90 Å². The van der Waals surface area contributed by atoms with Crippen LogP contribution in [0.5, 0.6) is 0 Å². The zero-order valence-corrected chi connectivity index (χ0v) is 10.6. The molecular formula is C14H20N2O. The lowest BCUT2D eigenvalue weighted by molar-refractivity contribution is -0.121. The van der Waals surface area contributed by atoms with E-state index in [1.807, 2.05) is 42.2 Å². The van der Waals surface area contributed by atoms with Gasteiger partial charge in [0, 0.05) is 18.8 Å². The van der Waals surface area contributed by atoms with E-state index in [0.717, 1.165) is 31.7 Å². The van der Waals surface area contributed by atoms with Gasteiger partial charge in [-0.05, 0) is 39.1 Å². The van der Waals surface area contributed by atoms with Crippen molar-refractivity contribution < 1.29 is 4.79 Å². The molecule has 1 aliphatic heterocycles. The fraction of sp³-hybridized carbons (Fsp3) is 0.500. The van der Waals surface area contributed by atoms with Crippen LogP contribution in [0.4, 0.5) is 5.69 Å².